The second-order valence-electron chi connectivity index (χ2n) is 4.86. The highest BCUT2D eigenvalue weighted by molar-refractivity contribution is 5.96. The van der Waals surface area contributed by atoms with E-state index in [1.807, 2.05) is 6.92 Å². The molecule has 0 radical (unpaired) electrons. The molecule has 1 aromatic heterocycles. The van der Waals surface area contributed by atoms with E-state index < -0.39 is 11.9 Å². The van der Waals surface area contributed by atoms with Gasteiger partial charge in [-0.05, 0) is 20.8 Å². The van der Waals surface area contributed by atoms with Crippen LogP contribution in [0.1, 0.15) is 30.2 Å². The molecule has 108 valence electrons. The number of nitrogens with zero attached hydrogens (tertiary/aromatic N) is 2. The summed E-state index contributed by atoms with van der Waals surface area (Å²) in [4.78, 5) is 39.1. The molecular formula is C14H18N2O4. The zero-order valence-electron chi connectivity index (χ0n) is 11.9. The molecule has 6 heteroatoms. The first-order valence-corrected chi connectivity index (χ1v) is 6.65. The highest BCUT2D eigenvalue weighted by Gasteiger charge is 2.34. The van der Waals surface area contributed by atoms with Crippen molar-refractivity contribution in [3.63, 3.8) is 0 Å². The number of hydrogen-bond acceptors (Lipinski definition) is 4. The number of amides is 2. The molecule has 0 unspecified atom stereocenters. The van der Waals surface area contributed by atoms with Crippen molar-refractivity contribution in [2.75, 3.05) is 19.6 Å². The van der Waals surface area contributed by atoms with Crippen LogP contribution in [-0.2, 0) is 4.79 Å². The van der Waals surface area contributed by atoms with Crippen molar-refractivity contribution in [2.45, 2.75) is 26.8 Å². The van der Waals surface area contributed by atoms with Gasteiger partial charge in [0.15, 0.2) is 11.2 Å². The quantitative estimate of drug-likeness (QED) is 0.796. The van der Waals surface area contributed by atoms with Crippen LogP contribution in [0.3, 0.4) is 0 Å². The fourth-order valence-electron chi connectivity index (χ4n) is 2.37. The first-order valence-electron chi connectivity index (χ1n) is 6.65. The standard InChI is InChI=1S/C14H18N2O4/c1-4-15-5-6-16(10(3)13(15)18)14(19)12-8-11(17)7-9(2)20-12/h7-8,10H,4-6H2,1-3H3/t10-/m1/s1. The van der Waals surface area contributed by atoms with Crippen molar-refractivity contribution >= 4 is 11.8 Å². The van der Waals surface area contributed by atoms with E-state index in [0.29, 0.717) is 25.4 Å². The Morgan fingerprint density at radius 2 is 2.05 bits per heavy atom. The van der Waals surface area contributed by atoms with E-state index in [1.165, 1.54) is 17.0 Å². The summed E-state index contributed by atoms with van der Waals surface area (Å²) >= 11 is 0. The Bertz CT molecular complexity index is 593. The maximum Gasteiger partial charge on any atom is 0.290 e. The van der Waals surface area contributed by atoms with E-state index in [4.69, 9.17) is 4.42 Å². The topological polar surface area (TPSA) is 70.8 Å². The van der Waals surface area contributed by atoms with Gasteiger partial charge in [0.1, 0.15) is 11.8 Å². The van der Waals surface area contributed by atoms with E-state index >= 15 is 0 Å². The third-order valence-corrected chi connectivity index (χ3v) is 3.49. The molecule has 20 heavy (non-hydrogen) atoms. The molecule has 0 saturated carbocycles. The van der Waals surface area contributed by atoms with Crippen molar-refractivity contribution in [3.8, 4) is 0 Å². The fourth-order valence-corrected chi connectivity index (χ4v) is 2.37. The molecule has 2 amide bonds. The Morgan fingerprint density at radius 3 is 2.65 bits per heavy atom. The van der Waals surface area contributed by atoms with Crippen molar-refractivity contribution in [2.24, 2.45) is 0 Å². The average Bonchev–Trinajstić information content (AvgIpc) is 2.40. The summed E-state index contributed by atoms with van der Waals surface area (Å²) in [6, 6.07) is 1.95. The molecule has 1 aliphatic heterocycles. The molecule has 1 fully saturated rings. The molecule has 1 saturated heterocycles. The number of piperazine rings is 1. The van der Waals surface area contributed by atoms with Gasteiger partial charge in [0.05, 0.1) is 0 Å². The molecule has 1 aliphatic rings. The fraction of sp³-hybridized carbons (Fsp3) is 0.500. The Hall–Kier alpha value is -2.11. The van der Waals surface area contributed by atoms with Crippen molar-refractivity contribution < 1.29 is 14.0 Å². The molecule has 2 heterocycles. The summed E-state index contributed by atoms with van der Waals surface area (Å²) in [5, 5.41) is 0. The van der Waals surface area contributed by atoms with Crippen LogP contribution >= 0.6 is 0 Å². The molecule has 0 bridgehead atoms. The molecular weight excluding hydrogens is 260 g/mol. The SMILES string of the molecule is CCN1CCN(C(=O)c2cc(=O)cc(C)o2)[C@H](C)C1=O. The maximum atomic E-state index is 12.4. The zero-order chi connectivity index (χ0) is 14.9. The highest BCUT2D eigenvalue weighted by atomic mass is 16.3. The van der Waals surface area contributed by atoms with Crippen molar-refractivity contribution in [3.05, 3.63) is 33.9 Å². The van der Waals surface area contributed by atoms with Gasteiger partial charge in [0.2, 0.25) is 5.91 Å². The predicted octanol–water partition coefficient (Wildman–Crippen LogP) is 0.641. The van der Waals surface area contributed by atoms with E-state index in [2.05, 4.69) is 0 Å². The first kappa shape index (κ1) is 14.3. The third-order valence-electron chi connectivity index (χ3n) is 3.49. The molecule has 0 aromatic carbocycles. The Balaban J connectivity index is 2.25. The summed E-state index contributed by atoms with van der Waals surface area (Å²) in [7, 11) is 0. The average molecular weight is 278 g/mol. The summed E-state index contributed by atoms with van der Waals surface area (Å²) in [5.41, 5.74) is -0.275. The molecule has 1 aromatic rings. The van der Waals surface area contributed by atoms with Crippen LogP contribution in [0.25, 0.3) is 0 Å². The van der Waals surface area contributed by atoms with Gasteiger partial charge in [0, 0.05) is 31.8 Å². The van der Waals surface area contributed by atoms with Crippen LogP contribution in [0.15, 0.2) is 21.3 Å². The zero-order valence-corrected chi connectivity index (χ0v) is 11.9. The molecule has 1 atom stereocenters. The van der Waals surface area contributed by atoms with Gasteiger partial charge in [-0.15, -0.1) is 0 Å². The minimum Gasteiger partial charge on any atom is -0.456 e. The summed E-state index contributed by atoms with van der Waals surface area (Å²) in [6.07, 6.45) is 0. The molecule has 0 spiro atoms. The number of hydrogen-bond donors (Lipinski definition) is 0. The summed E-state index contributed by atoms with van der Waals surface area (Å²) in [5.74, 6) is -0.129. The smallest absolute Gasteiger partial charge is 0.290 e. The van der Waals surface area contributed by atoms with Crippen molar-refractivity contribution in [1.82, 2.24) is 9.80 Å². The molecule has 0 N–H and O–H groups in total. The van der Waals surface area contributed by atoms with Crippen LogP contribution in [0.2, 0.25) is 0 Å². The van der Waals surface area contributed by atoms with E-state index in [0.717, 1.165) is 0 Å². The lowest BCUT2D eigenvalue weighted by molar-refractivity contribution is -0.139. The second kappa shape index (κ2) is 5.48. The Kier molecular flexibility index (Phi) is 3.92. The number of aryl methyl sites for hydroxylation is 1. The van der Waals surface area contributed by atoms with Crippen LogP contribution in [0.5, 0.6) is 0 Å². The van der Waals surface area contributed by atoms with Crippen LogP contribution in [0, 0.1) is 6.92 Å². The molecule has 2 rings (SSSR count). The summed E-state index contributed by atoms with van der Waals surface area (Å²) < 4.78 is 5.29. The minimum absolute atomic E-state index is 0.0143. The lowest BCUT2D eigenvalue weighted by atomic mass is 10.1. The number of likely N-dealkylation sites (N-methyl/N-ethyl adjacent to an activating group) is 1. The second-order valence-corrected chi connectivity index (χ2v) is 4.86. The monoisotopic (exact) mass is 278 g/mol. The maximum absolute atomic E-state index is 12.4. The highest BCUT2D eigenvalue weighted by Crippen LogP contribution is 2.15. The van der Waals surface area contributed by atoms with Gasteiger partial charge < -0.3 is 14.2 Å². The Labute approximate surface area is 117 Å². The predicted molar refractivity (Wildman–Crippen MR) is 72.5 cm³/mol. The molecule has 6 nitrogen and oxygen atoms in total. The van der Waals surface area contributed by atoms with Crippen LogP contribution in [0.4, 0.5) is 0 Å². The van der Waals surface area contributed by atoms with Gasteiger partial charge in [0.25, 0.3) is 5.91 Å². The van der Waals surface area contributed by atoms with Crippen LogP contribution in [-0.4, -0.2) is 47.3 Å². The van der Waals surface area contributed by atoms with Gasteiger partial charge in [-0.25, -0.2) is 0 Å². The van der Waals surface area contributed by atoms with E-state index in [-0.39, 0.29) is 17.1 Å². The van der Waals surface area contributed by atoms with Crippen molar-refractivity contribution in [1.29, 1.82) is 0 Å². The van der Waals surface area contributed by atoms with Crippen LogP contribution < -0.4 is 5.43 Å². The molecule has 0 aliphatic carbocycles. The number of carbonyl (C=O) groups is 2. The van der Waals surface area contributed by atoms with Gasteiger partial charge >= 0.3 is 0 Å². The van der Waals surface area contributed by atoms with Gasteiger partial charge in [-0.2, -0.15) is 0 Å². The Morgan fingerprint density at radius 1 is 1.35 bits per heavy atom. The minimum atomic E-state index is -0.540. The summed E-state index contributed by atoms with van der Waals surface area (Å²) in [6.45, 7) is 6.78. The van der Waals surface area contributed by atoms with Gasteiger partial charge in [-0.1, -0.05) is 0 Å². The third kappa shape index (κ3) is 2.59. The number of rotatable bonds is 2. The largest absolute Gasteiger partial charge is 0.456 e. The first-order chi connectivity index (χ1) is 9.43. The van der Waals surface area contributed by atoms with E-state index in [1.54, 1.807) is 18.7 Å². The van der Waals surface area contributed by atoms with Gasteiger partial charge in [-0.3, -0.25) is 14.4 Å². The lowest BCUT2D eigenvalue weighted by Crippen LogP contribution is -2.57. The normalized spacial score (nSPS) is 19.4. The van der Waals surface area contributed by atoms with E-state index in [9.17, 15) is 14.4 Å². The number of carbonyl (C=O) groups excluding carboxylic acids is 2. The lowest BCUT2D eigenvalue weighted by Gasteiger charge is -2.38.